The fourth-order valence-electron chi connectivity index (χ4n) is 5.99. The van der Waals surface area contributed by atoms with Crippen LogP contribution in [0.4, 0.5) is 11.4 Å². The first-order valence-corrected chi connectivity index (χ1v) is 19.3. The summed E-state index contributed by atoms with van der Waals surface area (Å²) in [5.74, 6) is 0. The second-order valence-corrected chi connectivity index (χ2v) is 13.1. The molecule has 0 bridgehead atoms. The molecule has 0 heterocycles. The maximum absolute atomic E-state index is 5.07. The SMILES string of the molecule is CCCCCCCCCCCCCCCCCCCCCCC=CC(=Nc1ccccc1)C(CCCCC)=Nc1ccccc1.[Ni]. The number of allylic oxidation sites excluding steroid dienone is 2. The average Bonchev–Trinajstić information content (AvgIpc) is 3.07. The summed E-state index contributed by atoms with van der Waals surface area (Å²) in [6, 6.07) is 20.7. The van der Waals surface area contributed by atoms with E-state index in [9.17, 15) is 0 Å². The summed E-state index contributed by atoms with van der Waals surface area (Å²) in [6.07, 6.45) is 38.7. The first-order valence-electron chi connectivity index (χ1n) is 19.3. The number of rotatable bonds is 29. The van der Waals surface area contributed by atoms with E-state index < -0.39 is 0 Å². The molecular weight excluding hydrogens is 603 g/mol. The topological polar surface area (TPSA) is 24.7 Å². The van der Waals surface area contributed by atoms with E-state index in [1.165, 1.54) is 141 Å². The van der Waals surface area contributed by atoms with Crippen LogP contribution in [0, 0.1) is 0 Å². The van der Waals surface area contributed by atoms with Crippen molar-refractivity contribution in [1.29, 1.82) is 0 Å². The van der Waals surface area contributed by atoms with Crippen molar-refractivity contribution in [2.75, 3.05) is 0 Å². The summed E-state index contributed by atoms with van der Waals surface area (Å²) in [7, 11) is 0. The minimum atomic E-state index is 0. The molecule has 0 aliphatic carbocycles. The van der Waals surface area contributed by atoms with Gasteiger partial charge in [-0.25, -0.2) is 4.99 Å². The molecule has 0 N–H and O–H groups in total. The van der Waals surface area contributed by atoms with Crippen molar-refractivity contribution in [1.82, 2.24) is 0 Å². The zero-order valence-corrected chi connectivity index (χ0v) is 30.8. The molecule has 2 nitrogen and oxygen atoms in total. The van der Waals surface area contributed by atoms with Gasteiger partial charge in [0.15, 0.2) is 0 Å². The first-order chi connectivity index (χ1) is 22.3. The van der Waals surface area contributed by atoms with E-state index in [0.717, 1.165) is 42.1 Å². The van der Waals surface area contributed by atoms with Gasteiger partial charge in [0.2, 0.25) is 0 Å². The Hall–Kier alpha value is -1.99. The van der Waals surface area contributed by atoms with Crippen molar-refractivity contribution in [2.24, 2.45) is 9.98 Å². The summed E-state index contributed by atoms with van der Waals surface area (Å²) in [6.45, 7) is 4.56. The number of unbranched alkanes of at least 4 members (excludes halogenated alkanes) is 22. The van der Waals surface area contributed by atoms with Crippen molar-refractivity contribution in [3.05, 3.63) is 72.8 Å². The van der Waals surface area contributed by atoms with Gasteiger partial charge in [-0.05, 0) is 56.0 Å². The van der Waals surface area contributed by atoms with Crippen LogP contribution in [-0.4, -0.2) is 11.4 Å². The maximum Gasteiger partial charge on any atom is 0.0848 e. The van der Waals surface area contributed by atoms with Crippen LogP contribution in [0.1, 0.15) is 174 Å². The van der Waals surface area contributed by atoms with Crippen LogP contribution in [0.15, 0.2) is 82.8 Å². The van der Waals surface area contributed by atoms with E-state index in [2.05, 4.69) is 86.7 Å². The normalized spacial score (nSPS) is 12.1. The number of aliphatic imine (C=N–C) groups is 2. The van der Waals surface area contributed by atoms with E-state index in [-0.39, 0.29) is 16.5 Å². The zero-order valence-electron chi connectivity index (χ0n) is 29.8. The van der Waals surface area contributed by atoms with Crippen LogP contribution in [0.5, 0.6) is 0 Å². The molecule has 0 aliphatic rings. The molecule has 0 saturated heterocycles. The van der Waals surface area contributed by atoms with E-state index in [1.807, 2.05) is 0 Å². The Kier molecular flexibility index (Phi) is 28.9. The summed E-state index contributed by atoms with van der Waals surface area (Å²) >= 11 is 0. The van der Waals surface area contributed by atoms with Crippen LogP contribution in [0.25, 0.3) is 0 Å². The van der Waals surface area contributed by atoms with Crippen molar-refractivity contribution < 1.29 is 16.5 Å². The molecular formula is C43H68N2Ni. The van der Waals surface area contributed by atoms with Crippen LogP contribution >= 0.6 is 0 Å². The van der Waals surface area contributed by atoms with Gasteiger partial charge in [0, 0.05) is 16.5 Å². The minimum Gasteiger partial charge on any atom is -0.251 e. The summed E-state index contributed by atoms with van der Waals surface area (Å²) in [5.41, 5.74) is 4.10. The molecule has 0 fully saturated rings. The zero-order chi connectivity index (χ0) is 31.9. The number of para-hydroxylation sites is 2. The van der Waals surface area contributed by atoms with Crippen LogP contribution in [0.2, 0.25) is 0 Å². The third-order valence-electron chi connectivity index (χ3n) is 8.84. The molecule has 2 aromatic rings. The molecule has 0 atom stereocenters. The van der Waals surface area contributed by atoms with Crippen molar-refractivity contribution >= 4 is 22.8 Å². The van der Waals surface area contributed by atoms with Crippen LogP contribution in [0.3, 0.4) is 0 Å². The van der Waals surface area contributed by atoms with Gasteiger partial charge in [0.05, 0.1) is 22.8 Å². The average molecular weight is 672 g/mol. The molecule has 0 aliphatic heterocycles. The molecule has 0 spiro atoms. The third-order valence-corrected chi connectivity index (χ3v) is 8.84. The fourth-order valence-corrected chi connectivity index (χ4v) is 5.99. The predicted octanol–water partition coefficient (Wildman–Crippen LogP) is 14.9. The second-order valence-electron chi connectivity index (χ2n) is 13.1. The molecule has 3 heteroatoms. The number of hydrogen-bond donors (Lipinski definition) is 0. The molecule has 46 heavy (non-hydrogen) atoms. The predicted molar refractivity (Wildman–Crippen MR) is 203 cm³/mol. The fraction of sp³-hybridized carbons (Fsp3) is 0.628. The Morgan fingerprint density at radius 3 is 1.26 bits per heavy atom. The van der Waals surface area contributed by atoms with Gasteiger partial charge in [-0.3, -0.25) is 4.99 Å². The Bertz CT molecular complexity index is 1010. The Balaban J connectivity index is 0.0000106. The largest absolute Gasteiger partial charge is 0.251 e. The van der Waals surface area contributed by atoms with Gasteiger partial charge in [-0.1, -0.05) is 191 Å². The number of benzene rings is 2. The Morgan fingerprint density at radius 1 is 0.457 bits per heavy atom. The molecule has 0 saturated carbocycles. The molecule has 2 aromatic carbocycles. The van der Waals surface area contributed by atoms with Crippen molar-refractivity contribution in [3.63, 3.8) is 0 Å². The van der Waals surface area contributed by atoms with E-state index in [1.54, 1.807) is 0 Å². The van der Waals surface area contributed by atoms with E-state index >= 15 is 0 Å². The molecule has 0 unspecified atom stereocenters. The molecule has 260 valence electrons. The van der Waals surface area contributed by atoms with Crippen LogP contribution in [-0.2, 0) is 16.5 Å². The molecule has 0 radical (unpaired) electrons. The summed E-state index contributed by atoms with van der Waals surface area (Å²) in [5, 5.41) is 0. The smallest absolute Gasteiger partial charge is 0.0848 e. The van der Waals surface area contributed by atoms with E-state index in [4.69, 9.17) is 9.98 Å². The molecule has 2 rings (SSSR count). The maximum atomic E-state index is 5.07. The van der Waals surface area contributed by atoms with Crippen molar-refractivity contribution in [3.8, 4) is 0 Å². The standard InChI is InChI=1S/C43H68N2.Ni/c1-3-5-7-8-9-10-11-12-13-14-15-16-17-18-19-20-21-22-23-24-25-33-39-43(45-41-36-31-27-32-37-41)42(38-28-6-4-2)44-40-34-29-26-30-35-40;/h26-27,29-37,39H,3-25,28,38H2,1-2H3;. The third kappa shape index (κ3) is 23.4. The van der Waals surface area contributed by atoms with Crippen molar-refractivity contribution in [2.45, 2.75) is 174 Å². The number of hydrogen-bond acceptors (Lipinski definition) is 2. The van der Waals surface area contributed by atoms with Gasteiger partial charge >= 0.3 is 0 Å². The Labute approximate surface area is 295 Å². The van der Waals surface area contributed by atoms with Gasteiger partial charge in [-0.2, -0.15) is 0 Å². The summed E-state index contributed by atoms with van der Waals surface area (Å²) < 4.78 is 0. The number of nitrogens with zero attached hydrogens (tertiary/aromatic N) is 2. The summed E-state index contributed by atoms with van der Waals surface area (Å²) in [4.78, 5) is 10.1. The van der Waals surface area contributed by atoms with E-state index in [0.29, 0.717) is 0 Å². The van der Waals surface area contributed by atoms with Gasteiger partial charge in [-0.15, -0.1) is 0 Å². The second kappa shape index (κ2) is 31.6. The minimum absolute atomic E-state index is 0. The van der Waals surface area contributed by atoms with Gasteiger partial charge in [0.1, 0.15) is 0 Å². The van der Waals surface area contributed by atoms with Crippen LogP contribution < -0.4 is 0 Å². The quantitative estimate of drug-likeness (QED) is 0.0467. The van der Waals surface area contributed by atoms with Gasteiger partial charge < -0.3 is 0 Å². The Morgan fingerprint density at radius 2 is 0.826 bits per heavy atom. The first kappa shape index (κ1) is 42.0. The van der Waals surface area contributed by atoms with Gasteiger partial charge in [0.25, 0.3) is 0 Å². The molecule has 0 aromatic heterocycles. The molecule has 0 amide bonds. The monoisotopic (exact) mass is 670 g/mol.